The van der Waals surface area contributed by atoms with Crippen LogP contribution in [0, 0.1) is 13.8 Å². The molecule has 23 heavy (non-hydrogen) atoms. The van der Waals surface area contributed by atoms with Crippen LogP contribution >= 0.6 is 0 Å². The number of aromatic amines is 1. The van der Waals surface area contributed by atoms with Crippen LogP contribution in [0.5, 0.6) is 0 Å². The number of primary amides is 1. The minimum atomic E-state index is -0.850. The number of amides is 2. The van der Waals surface area contributed by atoms with Crippen molar-refractivity contribution in [2.75, 3.05) is 20.3 Å². The van der Waals surface area contributed by atoms with Crippen LogP contribution in [-0.4, -0.2) is 49.1 Å². The molecule has 0 radical (unpaired) electrons. The number of nitrogens with one attached hydrogen (secondary N) is 2. The second-order valence-electron chi connectivity index (χ2n) is 5.06. The van der Waals surface area contributed by atoms with E-state index in [1.54, 1.807) is 20.8 Å². The molecular weight excluding hydrogens is 302 g/mol. The fourth-order valence-corrected chi connectivity index (χ4v) is 2.24. The van der Waals surface area contributed by atoms with Crippen molar-refractivity contribution < 1.29 is 23.9 Å². The number of methoxy groups -OCH3 is 1. The molecule has 8 nitrogen and oxygen atoms in total. The average Bonchev–Trinajstić information content (AvgIpc) is 2.78. The standard InChI is InChI=1S/C15H23N3O5/c1-5-23-15(21)11-8(2)12(17-9(11)3)14(20)18-10(13(16)19)6-7-22-4/h10,17H,5-7H2,1-4H3,(H2,16,19)(H,18,20)/t10-/m1/s1. The predicted octanol–water partition coefficient (Wildman–Crippen LogP) is 0.428. The first-order chi connectivity index (χ1) is 10.8. The SMILES string of the molecule is CCOC(=O)c1c(C)[nH]c(C(=O)N[C@H](CCOC)C(N)=O)c1C. The molecular formula is C15H23N3O5. The number of hydrogen-bond donors (Lipinski definition) is 3. The van der Waals surface area contributed by atoms with Gasteiger partial charge in [0.1, 0.15) is 11.7 Å². The maximum absolute atomic E-state index is 12.3. The Balaban J connectivity index is 2.98. The average molecular weight is 325 g/mol. The maximum Gasteiger partial charge on any atom is 0.340 e. The summed E-state index contributed by atoms with van der Waals surface area (Å²) in [6.07, 6.45) is 0.265. The highest BCUT2D eigenvalue weighted by Gasteiger charge is 2.25. The number of hydrogen-bond acceptors (Lipinski definition) is 5. The molecule has 0 unspecified atom stereocenters. The molecule has 0 bridgehead atoms. The third-order valence-corrected chi connectivity index (χ3v) is 3.40. The molecule has 0 spiro atoms. The van der Waals surface area contributed by atoms with Crippen molar-refractivity contribution >= 4 is 17.8 Å². The Morgan fingerprint density at radius 2 is 1.96 bits per heavy atom. The third kappa shape index (κ3) is 4.56. The summed E-state index contributed by atoms with van der Waals surface area (Å²) in [6.45, 7) is 5.54. The zero-order chi connectivity index (χ0) is 17.6. The zero-order valence-corrected chi connectivity index (χ0v) is 13.8. The van der Waals surface area contributed by atoms with Crippen LogP contribution in [0.4, 0.5) is 0 Å². The lowest BCUT2D eigenvalue weighted by Gasteiger charge is -2.14. The molecule has 8 heteroatoms. The normalized spacial score (nSPS) is 11.8. The molecule has 1 aromatic heterocycles. The lowest BCUT2D eigenvalue weighted by atomic mass is 10.1. The fourth-order valence-electron chi connectivity index (χ4n) is 2.24. The van der Waals surface area contributed by atoms with Gasteiger partial charge in [-0.15, -0.1) is 0 Å². The Bertz CT molecular complexity index is 594. The molecule has 0 fully saturated rings. The summed E-state index contributed by atoms with van der Waals surface area (Å²) < 4.78 is 9.86. The van der Waals surface area contributed by atoms with Crippen LogP contribution in [0.1, 0.15) is 45.4 Å². The monoisotopic (exact) mass is 325 g/mol. The van der Waals surface area contributed by atoms with Crippen molar-refractivity contribution in [2.45, 2.75) is 33.2 Å². The minimum absolute atomic E-state index is 0.203. The van der Waals surface area contributed by atoms with Crippen molar-refractivity contribution in [3.05, 3.63) is 22.5 Å². The van der Waals surface area contributed by atoms with Gasteiger partial charge in [-0.3, -0.25) is 9.59 Å². The summed E-state index contributed by atoms with van der Waals surface area (Å²) in [6, 6.07) is -0.850. The van der Waals surface area contributed by atoms with Gasteiger partial charge < -0.3 is 25.5 Å². The van der Waals surface area contributed by atoms with Gasteiger partial charge in [0.15, 0.2) is 0 Å². The van der Waals surface area contributed by atoms with Gasteiger partial charge in [-0.25, -0.2) is 4.79 Å². The van der Waals surface area contributed by atoms with Gasteiger partial charge >= 0.3 is 5.97 Å². The number of nitrogens with two attached hydrogens (primary N) is 1. The van der Waals surface area contributed by atoms with E-state index in [0.29, 0.717) is 16.8 Å². The van der Waals surface area contributed by atoms with E-state index in [0.717, 1.165) is 0 Å². The molecule has 0 saturated heterocycles. The summed E-state index contributed by atoms with van der Waals surface area (Å²) in [5.41, 5.74) is 6.79. The van der Waals surface area contributed by atoms with Gasteiger partial charge in [0.2, 0.25) is 5.91 Å². The second kappa shape index (κ2) is 8.33. The Morgan fingerprint density at radius 3 is 2.48 bits per heavy atom. The first-order valence-corrected chi connectivity index (χ1v) is 7.28. The maximum atomic E-state index is 12.3. The summed E-state index contributed by atoms with van der Waals surface area (Å²) in [4.78, 5) is 38.5. The van der Waals surface area contributed by atoms with E-state index < -0.39 is 23.8 Å². The van der Waals surface area contributed by atoms with Crippen LogP contribution in [-0.2, 0) is 14.3 Å². The van der Waals surface area contributed by atoms with E-state index in [1.165, 1.54) is 7.11 Å². The van der Waals surface area contributed by atoms with Crippen molar-refractivity contribution in [3.8, 4) is 0 Å². The van der Waals surface area contributed by atoms with Crippen LogP contribution in [0.15, 0.2) is 0 Å². The zero-order valence-electron chi connectivity index (χ0n) is 13.8. The Kier molecular flexibility index (Phi) is 6.77. The Hall–Kier alpha value is -2.35. The van der Waals surface area contributed by atoms with Crippen molar-refractivity contribution in [1.29, 1.82) is 0 Å². The van der Waals surface area contributed by atoms with Crippen LogP contribution < -0.4 is 11.1 Å². The van der Waals surface area contributed by atoms with Gasteiger partial charge in [-0.1, -0.05) is 0 Å². The number of aryl methyl sites for hydroxylation is 1. The number of rotatable bonds is 8. The van der Waals surface area contributed by atoms with Gasteiger partial charge in [0, 0.05) is 19.4 Å². The Labute approximate surface area is 134 Å². The van der Waals surface area contributed by atoms with Gasteiger partial charge in [0.25, 0.3) is 5.91 Å². The largest absolute Gasteiger partial charge is 0.462 e. The highest BCUT2D eigenvalue weighted by atomic mass is 16.5. The lowest BCUT2D eigenvalue weighted by molar-refractivity contribution is -0.120. The summed E-state index contributed by atoms with van der Waals surface area (Å²) >= 11 is 0. The van der Waals surface area contributed by atoms with Crippen molar-refractivity contribution in [2.24, 2.45) is 5.73 Å². The molecule has 1 aromatic rings. The van der Waals surface area contributed by atoms with E-state index in [-0.39, 0.29) is 25.3 Å². The minimum Gasteiger partial charge on any atom is -0.462 e. The molecule has 1 rings (SSSR count). The van der Waals surface area contributed by atoms with E-state index in [2.05, 4.69) is 10.3 Å². The summed E-state index contributed by atoms with van der Waals surface area (Å²) in [5, 5.41) is 2.54. The van der Waals surface area contributed by atoms with E-state index in [9.17, 15) is 14.4 Å². The quantitative estimate of drug-likeness (QED) is 0.598. The van der Waals surface area contributed by atoms with Gasteiger partial charge in [-0.05, 0) is 32.8 Å². The third-order valence-electron chi connectivity index (χ3n) is 3.40. The summed E-state index contributed by atoms with van der Waals surface area (Å²) in [7, 11) is 1.49. The molecule has 0 saturated carbocycles. The molecule has 4 N–H and O–H groups in total. The second-order valence-corrected chi connectivity index (χ2v) is 5.06. The fraction of sp³-hybridized carbons (Fsp3) is 0.533. The number of aromatic nitrogens is 1. The first-order valence-electron chi connectivity index (χ1n) is 7.28. The number of H-pyrrole nitrogens is 1. The molecule has 0 aliphatic carbocycles. The van der Waals surface area contributed by atoms with E-state index >= 15 is 0 Å². The van der Waals surface area contributed by atoms with Crippen molar-refractivity contribution in [3.63, 3.8) is 0 Å². The first kappa shape index (κ1) is 18.7. The predicted molar refractivity (Wildman–Crippen MR) is 83.2 cm³/mol. The molecule has 128 valence electrons. The molecule has 1 heterocycles. The van der Waals surface area contributed by atoms with E-state index in [1.807, 2.05) is 0 Å². The topological polar surface area (TPSA) is 124 Å². The Morgan fingerprint density at radius 1 is 1.30 bits per heavy atom. The van der Waals surface area contributed by atoms with Crippen LogP contribution in [0.3, 0.4) is 0 Å². The molecule has 0 aliphatic rings. The summed E-state index contributed by atoms with van der Waals surface area (Å²) in [5.74, 6) is -1.66. The van der Waals surface area contributed by atoms with Crippen LogP contribution in [0.2, 0.25) is 0 Å². The molecule has 0 aromatic carbocycles. The number of carbonyl (C=O) groups is 3. The van der Waals surface area contributed by atoms with E-state index in [4.69, 9.17) is 15.2 Å². The highest BCUT2D eigenvalue weighted by Crippen LogP contribution is 2.19. The number of carbonyl (C=O) groups excluding carboxylic acids is 3. The highest BCUT2D eigenvalue weighted by molar-refractivity contribution is 6.01. The van der Waals surface area contributed by atoms with Gasteiger partial charge in [0.05, 0.1) is 12.2 Å². The lowest BCUT2D eigenvalue weighted by Crippen LogP contribution is -2.45. The number of esters is 1. The molecule has 0 aliphatic heterocycles. The number of ether oxygens (including phenoxy) is 2. The molecule has 2 amide bonds. The smallest absolute Gasteiger partial charge is 0.340 e. The van der Waals surface area contributed by atoms with Crippen LogP contribution in [0.25, 0.3) is 0 Å². The molecule has 1 atom stereocenters. The van der Waals surface area contributed by atoms with Crippen molar-refractivity contribution in [1.82, 2.24) is 10.3 Å². The van der Waals surface area contributed by atoms with Gasteiger partial charge in [-0.2, -0.15) is 0 Å².